The van der Waals surface area contributed by atoms with Crippen molar-refractivity contribution in [1.29, 1.82) is 0 Å². The van der Waals surface area contributed by atoms with Gasteiger partial charge in [-0.1, -0.05) is 43.7 Å². The van der Waals surface area contributed by atoms with E-state index in [1.807, 2.05) is 30.3 Å². The van der Waals surface area contributed by atoms with Gasteiger partial charge in [-0.15, -0.1) is 0 Å². The highest BCUT2D eigenvalue weighted by molar-refractivity contribution is 5.68. The number of amides is 1. The van der Waals surface area contributed by atoms with Gasteiger partial charge in [-0.2, -0.15) is 0 Å². The van der Waals surface area contributed by atoms with Crippen molar-refractivity contribution in [2.24, 2.45) is 0 Å². The third-order valence-electron chi connectivity index (χ3n) is 3.52. The lowest BCUT2D eigenvalue weighted by Crippen LogP contribution is -2.55. The summed E-state index contributed by atoms with van der Waals surface area (Å²) in [6, 6.07) is 10.1. The highest BCUT2D eigenvalue weighted by Gasteiger charge is 2.32. The first-order valence-electron chi connectivity index (χ1n) is 7.94. The summed E-state index contributed by atoms with van der Waals surface area (Å²) in [5, 5.41) is 0. The minimum Gasteiger partial charge on any atom is -0.449 e. The van der Waals surface area contributed by atoms with Gasteiger partial charge in [0.05, 0.1) is 45.6 Å². The van der Waals surface area contributed by atoms with Crippen LogP contribution in [0, 0.1) is 0 Å². The van der Waals surface area contributed by atoms with Crippen LogP contribution in [0.4, 0.5) is 4.79 Å². The second-order valence-electron chi connectivity index (χ2n) is 5.40. The zero-order valence-electron chi connectivity index (χ0n) is 13.2. The van der Waals surface area contributed by atoms with Crippen molar-refractivity contribution in [2.75, 3.05) is 32.9 Å². The zero-order chi connectivity index (χ0) is 15.6. The Balaban J connectivity index is 1.46. The molecule has 0 bridgehead atoms. The summed E-state index contributed by atoms with van der Waals surface area (Å²) >= 11 is 0. The molecule has 1 amide bonds. The van der Waals surface area contributed by atoms with Crippen molar-refractivity contribution in [3.05, 3.63) is 35.9 Å². The molecule has 1 aliphatic heterocycles. The van der Waals surface area contributed by atoms with Crippen LogP contribution in [0.2, 0.25) is 0 Å². The summed E-state index contributed by atoms with van der Waals surface area (Å²) in [6.07, 6.45) is 1.83. The molecule has 1 saturated heterocycles. The first-order chi connectivity index (χ1) is 10.8. The quantitative estimate of drug-likeness (QED) is 0.658. The van der Waals surface area contributed by atoms with Crippen LogP contribution >= 0.6 is 0 Å². The number of unbranched alkanes of at least 4 members (excludes halogenated alkanes) is 1. The molecule has 0 atom stereocenters. The summed E-state index contributed by atoms with van der Waals surface area (Å²) in [5.74, 6) is 0. The molecule has 0 aliphatic carbocycles. The van der Waals surface area contributed by atoms with Gasteiger partial charge in [-0.05, 0) is 12.0 Å². The highest BCUT2D eigenvalue weighted by atomic mass is 16.6. The van der Waals surface area contributed by atoms with Gasteiger partial charge in [-0.3, -0.25) is 0 Å². The minimum absolute atomic E-state index is 0.110. The monoisotopic (exact) mass is 307 g/mol. The van der Waals surface area contributed by atoms with E-state index in [4.69, 9.17) is 14.2 Å². The van der Waals surface area contributed by atoms with Gasteiger partial charge in [0.2, 0.25) is 0 Å². The van der Waals surface area contributed by atoms with Gasteiger partial charge in [0.25, 0.3) is 0 Å². The van der Waals surface area contributed by atoms with E-state index in [-0.39, 0.29) is 12.2 Å². The predicted molar refractivity (Wildman–Crippen MR) is 83.7 cm³/mol. The van der Waals surface area contributed by atoms with E-state index in [2.05, 4.69) is 6.92 Å². The molecule has 0 radical (unpaired) electrons. The Morgan fingerprint density at radius 1 is 1.18 bits per heavy atom. The smallest absolute Gasteiger partial charge is 0.409 e. The molecular formula is C17H25NO4. The molecule has 1 aliphatic rings. The molecule has 22 heavy (non-hydrogen) atoms. The van der Waals surface area contributed by atoms with Gasteiger partial charge in [-0.25, -0.2) is 4.79 Å². The molecule has 0 N–H and O–H groups in total. The lowest BCUT2D eigenvalue weighted by Gasteiger charge is -2.37. The van der Waals surface area contributed by atoms with Crippen LogP contribution in [0.5, 0.6) is 0 Å². The Bertz CT molecular complexity index is 432. The molecule has 122 valence electrons. The Kier molecular flexibility index (Phi) is 7.19. The first kappa shape index (κ1) is 16.8. The van der Waals surface area contributed by atoms with Gasteiger partial charge in [0.1, 0.15) is 0 Å². The molecule has 1 fully saturated rings. The fourth-order valence-electron chi connectivity index (χ4n) is 2.13. The molecule has 5 nitrogen and oxygen atoms in total. The summed E-state index contributed by atoms with van der Waals surface area (Å²) in [6.45, 7) is 5.52. The number of likely N-dealkylation sites (tertiary alicyclic amines) is 1. The first-order valence-corrected chi connectivity index (χ1v) is 7.94. The van der Waals surface area contributed by atoms with E-state index in [1.54, 1.807) is 4.90 Å². The third kappa shape index (κ3) is 5.66. The third-order valence-corrected chi connectivity index (χ3v) is 3.52. The molecule has 5 heteroatoms. The van der Waals surface area contributed by atoms with Crippen molar-refractivity contribution < 1.29 is 19.0 Å². The van der Waals surface area contributed by atoms with Gasteiger partial charge >= 0.3 is 6.09 Å². The number of hydrogen-bond acceptors (Lipinski definition) is 4. The molecule has 1 aromatic rings. The lowest BCUT2D eigenvalue weighted by atomic mass is 10.2. The van der Waals surface area contributed by atoms with Gasteiger partial charge in [0.15, 0.2) is 0 Å². The predicted octanol–water partition coefficient (Wildman–Crippen LogP) is 2.84. The second kappa shape index (κ2) is 9.43. The number of carbonyl (C=O) groups excluding carboxylic acids is 1. The Labute approximate surface area is 132 Å². The average Bonchev–Trinajstić information content (AvgIpc) is 2.50. The van der Waals surface area contributed by atoms with E-state index in [9.17, 15) is 4.79 Å². The second-order valence-corrected chi connectivity index (χ2v) is 5.40. The van der Waals surface area contributed by atoms with Crippen LogP contribution < -0.4 is 0 Å². The average molecular weight is 307 g/mol. The van der Waals surface area contributed by atoms with Crippen molar-refractivity contribution in [3.8, 4) is 0 Å². The van der Waals surface area contributed by atoms with Crippen LogP contribution in [-0.2, 0) is 20.8 Å². The van der Waals surface area contributed by atoms with E-state index in [0.29, 0.717) is 39.5 Å². The molecule has 0 unspecified atom stereocenters. The van der Waals surface area contributed by atoms with Crippen LogP contribution in [0.25, 0.3) is 0 Å². The molecule has 0 aromatic heterocycles. The highest BCUT2D eigenvalue weighted by Crippen LogP contribution is 2.13. The summed E-state index contributed by atoms with van der Waals surface area (Å²) < 4.78 is 16.3. The number of rotatable bonds is 9. The molecular weight excluding hydrogens is 282 g/mol. The van der Waals surface area contributed by atoms with Crippen LogP contribution in [0.15, 0.2) is 30.3 Å². The zero-order valence-corrected chi connectivity index (χ0v) is 13.2. The number of ether oxygens (including phenoxy) is 3. The maximum atomic E-state index is 11.6. The summed E-state index contributed by atoms with van der Waals surface area (Å²) in [7, 11) is 0. The molecule has 0 saturated carbocycles. The van der Waals surface area contributed by atoms with Crippen molar-refractivity contribution in [3.63, 3.8) is 0 Å². The number of nitrogens with zero attached hydrogens (tertiary/aromatic N) is 1. The fourth-order valence-corrected chi connectivity index (χ4v) is 2.13. The van der Waals surface area contributed by atoms with Crippen LogP contribution in [0.1, 0.15) is 25.3 Å². The van der Waals surface area contributed by atoms with Crippen molar-refractivity contribution in [2.45, 2.75) is 32.5 Å². The van der Waals surface area contributed by atoms with Crippen molar-refractivity contribution >= 4 is 6.09 Å². The van der Waals surface area contributed by atoms with E-state index >= 15 is 0 Å². The number of hydrogen-bond donors (Lipinski definition) is 0. The molecule has 0 spiro atoms. The maximum absolute atomic E-state index is 11.6. The number of carbonyl (C=O) groups is 1. The lowest BCUT2D eigenvalue weighted by molar-refractivity contribution is -0.0670. The van der Waals surface area contributed by atoms with Gasteiger partial charge < -0.3 is 19.1 Å². The Morgan fingerprint density at radius 3 is 2.68 bits per heavy atom. The van der Waals surface area contributed by atoms with E-state index in [1.165, 1.54) is 0 Å². The van der Waals surface area contributed by atoms with Crippen LogP contribution in [-0.4, -0.2) is 50.0 Å². The van der Waals surface area contributed by atoms with Crippen LogP contribution in [0.3, 0.4) is 0 Å². The maximum Gasteiger partial charge on any atom is 0.409 e. The summed E-state index contributed by atoms with van der Waals surface area (Å²) in [5.41, 5.74) is 1.16. The standard InChI is InChI=1S/C17H25NO4/c1-2-3-9-22-17(19)18-12-16(13-18)21-11-10-20-14-15-7-5-4-6-8-15/h4-8,16H,2-3,9-14H2,1H3. The van der Waals surface area contributed by atoms with Crippen molar-refractivity contribution in [1.82, 2.24) is 4.90 Å². The van der Waals surface area contributed by atoms with E-state index in [0.717, 1.165) is 18.4 Å². The fraction of sp³-hybridized carbons (Fsp3) is 0.588. The SMILES string of the molecule is CCCCOC(=O)N1CC(OCCOCc2ccccc2)C1. The minimum atomic E-state index is -0.228. The molecule has 2 rings (SSSR count). The molecule has 1 heterocycles. The number of benzene rings is 1. The Hall–Kier alpha value is -1.59. The van der Waals surface area contributed by atoms with Gasteiger partial charge in [0, 0.05) is 0 Å². The Morgan fingerprint density at radius 2 is 1.95 bits per heavy atom. The largest absolute Gasteiger partial charge is 0.449 e. The molecule has 1 aromatic carbocycles. The normalized spacial score (nSPS) is 14.7. The summed E-state index contributed by atoms with van der Waals surface area (Å²) in [4.78, 5) is 13.3. The van der Waals surface area contributed by atoms with E-state index < -0.39 is 0 Å². The topological polar surface area (TPSA) is 48.0 Å².